The number of anilines is 1. The second kappa shape index (κ2) is 7.48. The number of hydrogen-bond acceptors (Lipinski definition) is 5. The summed E-state index contributed by atoms with van der Waals surface area (Å²) in [7, 11) is 0. The molecule has 3 rings (SSSR count). The van der Waals surface area contributed by atoms with Crippen molar-refractivity contribution < 1.29 is 0 Å². The highest BCUT2D eigenvalue weighted by atomic mass is 15.0. The van der Waals surface area contributed by atoms with E-state index < -0.39 is 0 Å². The fourth-order valence-corrected chi connectivity index (χ4v) is 2.52. The number of nitrogens with two attached hydrogens (primary N) is 1. The Morgan fingerprint density at radius 2 is 2.12 bits per heavy atom. The van der Waals surface area contributed by atoms with Crippen molar-refractivity contribution in [3.8, 4) is 0 Å². The summed E-state index contributed by atoms with van der Waals surface area (Å²) in [5, 5.41) is 4.37. The van der Waals surface area contributed by atoms with Gasteiger partial charge in [0.2, 0.25) is 0 Å². The Morgan fingerprint density at radius 3 is 2.85 bits per heavy atom. The van der Waals surface area contributed by atoms with Gasteiger partial charge in [-0.25, -0.2) is 9.98 Å². The molecule has 0 amide bonds. The first-order valence-corrected chi connectivity index (χ1v) is 8.04. The average Bonchev–Trinajstić information content (AvgIpc) is 3.13. The fourth-order valence-electron chi connectivity index (χ4n) is 2.52. The van der Waals surface area contributed by atoms with Crippen molar-refractivity contribution in [3.63, 3.8) is 0 Å². The number of nitrogens with one attached hydrogen (secondary N) is 2. The highest BCUT2D eigenvalue weighted by Crippen LogP contribution is 2.22. The topological polar surface area (TPSA) is 91.4 Å². The lowest BCUT2D eigenvalue weighted by atomic mass is 10.2. The van der Waals surface area contributed by atoms with Gasteiger partial charge in [-0.05, 0) is 43.3 Å². The molecular formula is C20H20N6. The van der Waals surface area contributed by atoms with E-state index in [1.807, 2.05) is 49.5 Å². The van der Waals surface area contributed by atoms with E-state index >= 15 is 0 Å². The molecule has 0 aliphatic rings. The highest BCUT2D eigenvalue weighted by molar-refractivity contribution is 5.99. The second-order valence-electron chi connectivity index (χ2n) is 5.71. The van der Waals surface area contributed by atoms with Gasteiger partial charge in [-0.2, -0.15) is 0 Å². The summed E-state index contributed by atoms with van der Waals surface area (Å²) in [6.45, 7) is 9.44. The van der Waals surface area contributed by atoms with Gasteiger partial charge in [-0.3, -0.25) is 4.98 Å². The maximum atomic E-state index is 5.99. The molecule has 130 valence electrons. The van der Waals surface area contributed by atoms with Gasteiger partial charge in [0.15, 0.2) is 5.82 Å². The maximum Gasteiger partial charge on any atom is 0.150 e. The molecule has 0 bridgehead atoms. The van der Waals surface area contributed by atoms with Gasteiger partial charge in [0.25, 0.3) is 0 Å². The zero-order valence-corrected chi connectivity index (χ0v) is 14.5. The van der Waals surface area contributed by atoms with Crippen molar-refractivity contribution in [1.29, 1.82) is 0 Å². The normalized spacial score (nSPS) is 12.6. The molecule has 0 fully saturated rings. The Kier molecular flexibility index (Phi) is 4.94. The molecule has 0 unspecified atom stereocenters. The van der Waals surface area contributed by atoms with E-state index in [2.05, 4.69) is 38.6 Å². The number of hydrogen-bond donors (Lipinski definition) is 3. The molecule has 0 saturated carbocycles. The Hall–Kier alpha value is -3.67. The minimum atomic E-state index is 0.201. The lowest BCUT2D eigenvalue weighted by molar-refractivity contribution is 1.13. The predicted molar refractivity (Wildman–Crippen MR) is 108 cm³/mol. The number of aliphatic imine (C=N–C) groups is 2. The second-order valence-corrected chi connectivity index (χ2v) is 5.71. The van der Waals surface area contributed by atoms with E-state index in [1.54, 1.807) is 12.4 Å². The standard InChI is InChI=1S/C20H20N6/c1-13(16-5-4-9-23-12-16)26-19(20(21)22-3)14(2)25-17-7-6-15-8-10-24-18(15)11-17/h4-12,24-25H,2-3,21H2,1H3/b20-19-,26-13+. The number of aromatic nitrogens is 2. The molecule has 0 atom stereocenters. The van der Waals surface area contributed by atoms with Crippen LogP contribution in [0.15, 0.2) is 88.8 Å². The molecule has 0 spiro atoms. The van der Waals surface area contributed by atoms with E-state index in [9.17, 15) is 0 Å². The summed E-state index contributed by atoms with van der Waals surface area (Å²) in [5.41, 5.74) is 10.5. The summed E-state index contributed by atoms with van der Waals surface area (Å²) in [4.78, 5) is 15.7. The lowest BCUT2D eigenvalue weighted by Crippen LogP contribution is -2.09. The number of nitrogens with zero attached hydrogens (tertiary/aromatic N) is 3. The molecule has 0 aliphatic heterocycles. The van der Waals surface area contributed by atoms with Gasteiger partial charge in [-0.1, -0.05) is 18.7 Å². The van der Waals surface area contributed by atoms with E-state index in [1.165, 1.54) is 0 Å². The first kappa shape index (κ1) is 17.2. The Labute approximate surface area is 151 Å². The zero-order chi connectivity index (χ0) is 18.5. The monoisotopic (exact) mass is 344 g/mol. The van der Waals surface area contributed by atoms with Gasteiger partial charge in [0, 0.05) is 41.1 Å². The van der Waals surface area contributed by atoms with Crippen LogP contribution in [0.3, 0.4) is 0 Å². The van der Waals surface area contributed by atoms with Crippen LogP contribution in [-0.2, 0) is 0 Å². The van der Waals surface area contributed by atoms with Gasteiger partial charge in [0.05, 0.1) is 5.70 Å². The van der Waals surface area contributed by atoms with Crippen LogP contribution in [0.4, 0.5) is 5.69 Å². The smallest absolute Gasteiger partial charge is 0.150 e. The van der Waals surface area contributed by atoms with Crippen molar-refractivity contribution in [1.82, 2.24) is 9.97 Å². The summed E-state index contributed by atoms with van der Waals surface area (Å²) >= 11 is 0. The number of aromatic amines is 1. The molecule has 3 aromatic rings. The number of rotatable bonds is 6. The van der Waals surface area contributed by atoms with Crippen molar-refractivity contribution >= 4 is 29.0 Å². The number of fused-ring (bicyclic) bond motifs is 1. The molecule has 0 saturated heterocycles. The van der Waals surface area contributed by atoms with Gasteiger partial charge >= 0.3 is 0 Å². The van der Waals surface area contributed by atoms with Crippen LogP contribution >= 0.6 is 0 Å². The van der Waals surface area contributed by atoms with Crippen LogP contribution in [0.25, 0.3) is 10.9 Å². The van der Waals surface area contributed by atoms with Gasteiger partial charge in [0.1, 0.15) is 5.70 Å². The van der Waals surface area contributed by atoms with Gasteiger partial charge in [-0.15, -0.1) is 0 Å². The number of pyridine rings is 1. The number of benzene rings is 1. The van der Waals surface area contributed by atoms with Crippen LogP contribution < -0.4 is 11.1 Å². The van der Waals surface area contributed by atoms with E-state index in [-0.39, 0.29) is 5.82 Å². The van der Waals surface area contributed by atoms with Crippen LogP contribution in [0.1, 0.15) is 12.5 Å². The van der Waals surface area contributed by atoms with Crippen LogP contribution in [0.2, 0.25) is 0 Å². The molecule has 6 heteroatoms. The fraction of sp³-hybridized carbons (Fsp3) is 0.0500. The maximum absolute atomic E-state index is 5.99. The van der Waals surface area contributed by atoms with Crippen molar-refractivity contribution in [2.24, 2.45) is 15.7 Å². The van der Waals surface area contributed by atoms with Crippen LogP contribution in [0.5, 0.6) is 0 Å². The molecule has 2 aromatic heterocycles. The summed E-state index contributed by atoms with van der Waals surface area (Å²) in [5.74, 6) is 0.201. The van der Waals surface area contributed by atoms with Crippen LogP contribution in [0, 0.1) is 0 Å². The summed E-state index contributed by atoms with van der Waals surface area (Å²) in [6.07, 6.45) is 5.35. The molecule has 1 aromatic carbocycles. The first-order chi connectivity index (χ1) is 12.6. The Morgan fingerprint density at radius 1 is 1.27 bits per heavy atom. The molecule has 0 radical (unpaired) electrons. The third kappa shape index (κ3) is 3.70. The largest absolute Gasteiger partial charge is 0.382 e. The SMILES string of the molecule is C=N/C(N)=C(\N=C(/C)c1cccnc1)C(=C)Nc1ccc2cc[nH]c2c1. The summed E-state index contributed by atoms with van der Waals surface area (Å²) in [6, 6.07) is 11.8. The third-order valence-corrected chi connectivity index (χ3v) is 3.91. The van der Waals surface area contributed by atoms with E-state index in [4.69, 9.17) is 5.73 Å². The quantitative estimate of drug-likeness (QED) is 0.469. The van der Waals surface area contributed by atoms with Crippen molar-refractivity contribution in [2.75, 3.05) is 5.32 Å². The predicted octanol–water partition coefficient (Wildman–Crippen LogP) is 3.83. The zero-order valence-electron chi connectivity index (χ0n) is 14.5. The Balaban J connectivity index is 1.90. The van der Waals surface area contributed by atoms with Gasteiger partial charge < -0.3 is 16.0 Å². The first-order valence-electron chi connectivity index (χ1n) is 8.04. The molecule has 4 N–H and O–H groups in total. The van der Waals surface area contributed by atoms with Crippen molar-refractivity contribution in [2.45, 2.75) is 6.92 Å². The highest BCUT2D eigenvalue weighted by Gasteiger charge is 2.09. The third-order valence-electron chi connectivity index (χ3n) is 3.91. The molecule has 6 nitrogen and oxygen atoms in total. The minimum absolute atomic E-state index is 0.201. The molecular weight excluding hydrogens is 324 g/mol. The number of H-pyrrole nitrogens is 1. The average molecular weight is 344 g/mol. The van der Waals surface area contributed by atoms with E-state index in [0.29, 0.717) is 11.4 Å². The van der Waals surface area contributed by atoms with Crippen LogP contribution in [-0.4, -0.2) is 22.4 Å². The van der Waals surface area contributed by atoms with E-state index in [0.717, 1.165) is 27.9 Å². The van der Waals surface area contributed by atoms with Crippen molar-refractivity contribution in [3.05, 3.63) is 84.3 Å². The lowest BCUT2D eigenvalue weighted by Gasteiger charge is -2.13. The Bertz CT molecular complexity index is 1010. The minimum Gasteiger partial charge on any atom is -0.382 e. The molecule has 2 heterocycles. The molecule has 26 heavy (non-hydrogen) atoms. The summed E-state index contributed by atoms with van der Waals surface area (Å²) < 4.78 is 0. The molecule has 0 aliphatic carbocycles.